The lowest BCUT2D eigenvalue weighted by molar-refractivity contribution is 0.431. The first-order chi connectivity index (χ1) is 6.19. The first kappa shape index (κ1) is 9.02. The van der Waals surface area contributed by atoms with Gasteiger partial charge in [-0.1, -0.05) is 0 Å². The van der Waals surface area contributed by atoms with E-state index in [4.69, 9.17) is 15.6 Å². The lowest BCUT2D eigenvalue weighted by Gasteiger charge is -1.99. The highest BCUT2D eigenvalue weighted by atomic mass is 19.1. The molecule has 0 radical (unpaired) electrons. The van der Waals surface area contributed by atoms with Crippen molar-refractivity contribution in [3.63, 3.8) is 0 Å². The summed E-state index contributed by atoms with van der Waals surface area (Å²) in [5.74, 6) is -1.53. The minimum absolute atomic E-state index is 0.0442. The van der Waals surface area contributed by atoms with Crippen LogP contribution in [0.1, 0.15) is 11.1 Å². The maximum Gasteiger partial charge on any atom is 0.182 e. The molecule has 0 saturated heterocycles. The molecule has 1 N–H and O–H groups in total. The summed E-state index contributed by atoms with van der Waals surface area (Å²) in [5.41, 5.74) is 0.184. The molecule has 0 unspecified atom stereocenters. The van der Waals surface area contributed by atoms with E-state index in [1.54, 1.807) is 6.07 Å². The number of phenols is 1. The zero-order valence-electron chi connectivity index (χ0n) is 6.58. The second-order valence-corrected chi connectivity index (χ2v) is 2.42. The lowest BCUT2D eigenvalue weighted by atomic mass is 10.1. The molecule has 1 rings (SSSR count). The van der Waals surface area contributed by atoms with Gasteiger partial charge in [-0.3, -0.25) is 0 Å². The van der Waals surface area contributed by atoms with Gasteiger partial charge in [0.1, 0.15) is 6.07 Å². The van der Waals surface area contributed by atoms with Crippen LogP contribution in [-0.4, -0.2) is 5.11 Å². The van der Waals surface area contributed by atoms with Crippen molar-refractivity contribution in [2.24, 2.45) is 0 Å². The minimum atomic E-state index is -0.941. The van der Waals surface area contributed by atoms with Gasteiger partial charge in [-0.05, 0) is 17.7 Å². The number of hydrogen-bond acceptors (Lipinski definition) is 3. The largest absolute Gasteiger partial charge is 0.505 e. The molecule has 64 valence electrons. The standard InChI is InChI=1S/C9H5FN2O/c10-9-7(5-12)3-6(1-2-11)4-8(9)13/h3-4,13H,1H2. The van der Waals surface area contributed by atoms with E-state index in [1.165, 1.54) is 6.07 Å². The number of nitriles is 2. The molecule has 0 aliphatic carbocycles. The molecule has 0 heterocycles. The van der Waals surface area contributed by atoms with Gasteiger partial charge < -0.3 is 5.11 Å². The number of hydrogen-bond donors (Lipinski definition) is 1. The molecule has 0 bridgehead atoms. The number of phenolic OH excluding ortho intramolecular Hbond substituents is 1. The fourth-order valence-electron chi connectivity index (χ4n) is 0.942. The number of aromatic hydroxyl groups is 1. The van der Waals surface area contributed by atoms with Crippen LogP contribution in [0.2, 0.25) is 0 Å². The fraction of sp³-hybridized carbons (Fsp3) is 0.111. The third-order valence-electron chi connectivity index (χ3n) is 1.52. The number of benzene rings is 1. The van der Waals surface area contributed by atoms with Gasteiger partial charge in [0.15, 0.2) is 11.6 Å². The maximum atomic E-state index is 12.9. The van der Waals surface area contributed by atoms with Crippen molar-refractivity contribution in [2.75, 3.05) is 0 Å². The van der Waals surface area contributed by atoms with Gasteiger partial charge in [-0.25, -0.2) is 4.39 Å². The van der Waals surface area contributed by atoms with Gasteiger partial charge in [0.05, 0.1) is 18.1 Å². The van der Waals surface area contributed by atoms with E-state index in [0.717, 1.165) is 6.07 Å². The van der Waals surface area contributed by atoms with Crippen LogP contribution in [0.5, 0.6) is 5.75 Å². The summed E-state index contributed by atoms with van der Waals surface area (Å²) in [5, 5.41) is 25.8. The Morgan fingerprint density at radius 2 is 2.08 bits per heavy atom. The summed E-state index contributed by atoms with van der Waals surface area (Å²) in [4.78, 5) is 0. The topological polar surface area (TPSA) is 67.8 Å². The molecule has 0 spiro atoms. The monoisotopic (exact) mass is 176 g/mol. The van der Waals surface area contributed by atoms with Crippen LogP contribution in [0, 0.1) is 28.5 Å². The molecule has 4 heteroatoms. The molecule has 13 heavy (non-hydrogen) atoms. The normalized spacial score (nSPS) is 8.85. The molecule has 0 aromatic heterocycles. The van der Waals surface area contributed by atoms with E-state index in [9.17, 15) is 4.39 Å². The molecule has 0 atom stereocenters. The van der Waals surface area contributed by atoms with Crippen molar-refractivity contribution < 1.29 is 9.50 Å². The van der Waals surface area contributed by atoms with Crippen molar-refractivity contribution in [2.45, 2.75) is 6.42 Å². The quantitative estimate of drug-likeness (QED) is 0.704. The molecule has 1 aromatic rings. The van der Waals surface area contributed by atoms with Crippen LogP contribution < -0.4 is 0 Å². The Kier molecular flexibility index (Phi) is 2.47. The van der Waals surface area contributed by atoms with E-state index in [2.05, 4.69) is 0 Å². The van der Waals surface area contributed by atoms with E-state index >= 15 is 0 Å². The van der Waals surface area contributed by atoms with Crippen molar-refractivity contribution in [1.82, 2.24) is 0 Å². The molecule has 0 fully saturated rings. The van der Waals surface area contributed by atoms with Gasteiger partial charge in [-0.15, -0.1) is 0 Å². The average Bonchev–Trinajstić information content (AvgIpc) is 2.11. The summed E-state index contributed by atoms with van der Waals surface area (Å²) in [6.45, 7) is 0. The average molecular weight is 176 g/mol. The maximum absolute atomic E-state index is 12.9. The van der Waals surface area contributed by atoms with E-state index < -0.39 is 11.6 Å². The molecule has 0 saturated carbocycles. The Hall–Kier alpha value is -2.07. The summed E-state index contributed by atoms with van der Waals surface area (Å²) in [6.07, 6.45) is 0.0442. The SMILES string of the molecule is N#CCc1cc(O)c(F)c(C#N)c1. The second-order valence-electron chi connectivity index (χ2n) is 2.42. The van der Waals surface area contributed by atoms with Crippen LogP contribution in [0.3, 0.4) is 0 Å². The minimum Gasteiger partial charge on any atom is -0.505 e. The Balaban J connectivity index is 3.26. The number of rotatable bonds is 1. The Labute approximate surface area is 74.3 Å². The highest BCUT2D eigenvalue weighted by Crippen LogP contribution is 2.21. The Bertz CT molecular complexity index is 415. The van der Waals surface area contributed by atoms with Gasteiger partial charge >= 0.3 is 0 Å². The third kappa shape index (κ3) is 1.74. The van der Waals surface area contributed by atoms with Gasteiger partial charge in [-0.2, -0.15) is 10.5 Å². The van der Waals surface area contributed by atoms with Crippen LogP contribution >= 0.6 is 0 Å². The zero-order valence-corrected chi connectivity index (χ0v) is 6.58. The molecular formula is C9H5FN2O. The van der Waals surface area contributed by atoms with Gasteiger partial charge in [0, 0.05) is 0 Å². The van der Waals surface area contributed by atoms with Gasteiger partial charge in [0.25, 0.3) is 0 Å². The van der Waals surface area contributed by atoms with Crippen molar-refractivity contribution in [3.05, 3.63) is 29.1 Å². The van der Waals surface area contributed by atoms with Crippen molar-refractivity contribution in [3.8, 4) is 17.9 Å². The molecule has 3 nitrogen and oxygen atoms in total. The van der Waals surface area contributed by atoms with E-state index in [1.807, 2.05) is 6.07 Å². The predicted octanol–water partition coefficient (Wildman–Crippen LogP) is 1.47. The van der Waals surface area contributed by atoms with Crippen molar-refractivity contribution in [1.29, 1.82) is 10.5 Å². The van der Waals surface area contributed by atoms with Crippen LogP contribution in [0.25, 0.3) is 0 Å². The highest BCUT2D eigenvalue weighted by molar-refractivity contribution is 5.42. The lowest BCUT2D eigenvalue weighted by Crippen LogP contribution is -1.89. The fourth-order valence-corrected chi connectivity index (χ4v) is 0.942. The van der Waals surface area contributed by atoms with Crippen LogP contribution in [0.15, 0.2) is 12.1 Å². The summed E-state index contributed by atoms with van der Waals surface area (Å²) >= 11 is 0. The summed E-state index contributed by atoms with van der Waals surface area (Å²) in [7, 11) is 0. The Morgan fingerprint density at radius 1 is 1.38 bits per heavy atom. The first-order valence-electron chi connectivity index (χ1n) is 3.47. The molecule has 1 aromatic carbocycles. The summed E-state index contributed by atoms with van der Waals surface area (Å²) in [6, 6.07) is 5.82. The van der Waals surface area contributed by atoms with Crippen LogP contribution in [-0.2, 0) is 6.42 Å². The smallest absolute Gasteiger partial charge is 0.182 e. The first-order valence-corrected chi connectivity index (χ1v) is 3.47. The number of halogens is 1. The molecule has 0 aliphatic rings. The molecular weight excluding hydrogens is 171 g/mol. The van der Waals surface area contributed by atoms with Gasteiger partial charge in [0.2, 0.25) is 0 Å². The van der Waals surface area contributed by atoms with Crippen LogP contribution in [0.4, 0.5) is 4.39 Å². The predicted molar refractivity (Wildman–Crippen MR) is 42.1 cm³/mol. The Morgan fingerprint density at radius 3 is 2.62 bits per heavy atom. The second kappa shape index (κ2) is 3.55. The highest BCUT2D eigenvalue weighted by Gasteiger charge is 2.08. The summed E-state index contributed by atoms with van der Waals surface area (Å²) < 4.78 is 12.9. The number of nitrogens with zero attached hydrogens (tertiary/aromatic N) is 2. The molecule has 0 amide bonds. The van der Waals surface area contributed by atoms with E-state index in [-0.39, 0.29) is 12.0 Å². The third-order valence-corrected chi connectivity index (χ3v) is 1.52. The zero-order chi connectivity index (χ0) is 9.84. The van der Waals surface area contributed by atoms with Crippen molar-refractivity contribution >= 4 is 0 Å². The molecule has 0 aliphatic heterocycles. The van der Waals surface area contributed by atoms with E-state index in [0.29, 0.717) is 5.56 Å².